The van der Waals surface area contributed by atoms with Gasteiger partial charge in [-0.1, -0.05) is 0 Å². The predicted molar refractivity (Wildman–Crippen MR) is 39.9 cm³/mol. The molecule has 0 saturated carbocycles. The van der Waals surface area contributed by atoms with Crippen molar-refractivity contribution in [2.75, 3.05) is 19.7 Å². The van der Waals surface area contributed by atoms with Crippen LogP contribution in [-0.4, -0.2) is 24.7 Å². The van der Waals surface area contributed by atoms with Gasteiger partial charge in [0.2, 0.25) is 0 Å². The number of nitrogens with zero attached hydrogens (tertiary/aromatic N) is 1. The Morgan fingerprint density at radius 2 is 2.18 bits per heavy atom. The highest BCUT2D eigenvalue weighted by Gasteiger charge is 2.17. The average molecular weight is 161 g/mol. The highest BCUT2D eigenvalue weighted by atomic mass is 16.8. The van der Waals surface area contributed by atoms with Crippen LogP contribution in [0.4, 0.5) is 0 Å². The third kappa shape index (κ3) is 2.72. The van der Waals surface area contributed by atoms with E-state index in [2.05, 4.69) is 5.59 Å². The van der Waals surface area contributed by atoms with Crippen LogP contribution in [0.5, 0.6) is 0 Å². The zero-order chi connectivity index (χ0) is 8.10. The molecule has 1 heterocycles. The van der Waals surface area contributed by atoms with Gasteiger partial charge in [-0.3, -0.25) is 4.84 Å². The summed E-state index contributed by atoms with van der Waals surface area (Å²) in [4.78, 5) is 4.77. The fourth-order valence-corrected chi connectivity index (χ4v) is 1.12. The average Bonchev–Trinajstić information content (AvgIpc) is 2.52. The van der Waals surface area contributed by atoms with Gasteiger partial charge in [0, 0.05) is 13.1 Å². The molecule has 5 nitrogen and oxygen atoms in total. The van der Waals surface area contributed by atoms with Crippen LogP contribution in [-0.2, 0) is 4.84 Å². The minimum atomic E-state index is -0.107. The summed E-state index contributed by atoms with van der Waals surface area (Å²) in [5.74, 6) is 0. The molecule has 0 amide bonds. The van der Waals surface area contributed by atoms with E-state index in [1.807, 2.05) is 6.92 Å². The summed E-state index contributed by atoms with van der Waals surface area (Å²) in [7, 11) is 0. The molecule has 1 saturated heterocycles. The van der Waals surface area contributed by atoms with E-state index in [1.54, 1.807) is 5.01 Å². The van der Waals surface area contributed by atoms with Crippen molar-refractivity contribution in [1.82, 2.24) is 10.6 Å². The van der Waals surface area contributed by atoms with E-state index in [1.165, 1.54) is 0 Å². The molecule has 0 radical (unpaired) electrons. The van der Waals surface area contributed by atoms with Gasteiger partial charge >= 0.3 is 0 Å². The third-order valence-electron chi connectivity index (χ3n) is 1.70. The smallest absolute Gasteiger partial charge is 0.0709 e. The van der Waals surface area contributed by atoms with E-state index in [0.717, 1.165) is 25.9 Å². The summed E-state index contributed by atoms with van der Waals surface area (Å²) in [6.45, 7) is 4.07. The van der Waals surface area contributed by atoms with E-state index >= 15 is 0 Å². The Kier molecular flexibility index (Phi) is 3.74. The van der Waals surface area contributed by atoms with Crippen molar-refractivity contribution in [2.45, 2.75) is 19.8 Å². The molecule has 0 bridgehead atoms. The van der Waals surface area contributed by atoms with E-state index < -0.39 is 0 Å². The second-order valence-corrected chi connectivity index (χ2v) is 2.53. The Labute approximate surface area is 66.4 Å². The van der Waals surface area contributed by atoms with Gasteiger partial charge in [0.1, 0.15) is 0 Å². The lowest BCUT2D eigenvalue weighted by Crippen LogP contribution is -3.19. The molecule has 0 aromatic rings. The number of hydrogen-bond donors (Lipinski definition) is 2. The summed E-state index contributed by atoms with van der Waals surface area (Å²) in [6.07, 6.45) is 2.22. The van der Waals surface area contributed by atoms with Gasteiger partial charge < -0.3 is 5.21 Å². The monoisotopic (exact) mass is 161 g/mol. The van der Waals surface area contributed by atoms with Crippen LogP contribution < -0.4 is 10.9 Å². The summed E-state index contributed by atoms with van der Waals surface area (Å²) in [5.41, 5.74) is 2.36. The minimum absolute atomic E-state index is 0.107. The number of quaternary nitrogens is 1. The van der Waals surface area contributed by atoms with Crippen LogP contribution in [0.3, 0.4) is 0 Å². The van der Waals surface area contributed by atoms with E-state index in [9.17, 15) is 5.21 Å². The van der Waals surface area contributed by atoms with Gasteiger partial charge in [-0.25, -0.2) is 0 Å². The second kappa shape index (κ2) is 4.63. The Morgan fingerprint density at radius 3 is 2.73 bits per heavy atom. The summed E-state index contributed by atoms with van der Waals surface area (Å²) in [6, 6.07) is 0. The quantitative estimate of drug-likeness (QED) is 0.510. The molecule has 1 rings (SSSR count). The lowest BCUT2D eigenvalue weighted by atomic mass is 10.4. The minimum Gasteiger partial charge on any atom is -0.591 e. The molecule has 1 aliphatic heterocycles. The second-order valence-electron chi connectivity index (χ2n) is 2.53. The topological polar surface area (TPSA) is 52.0 Å². The van der Waals surface area contributed by atoms with Crippen LogP contribution >= 0.6 is 0 Å². The molecule has 0 aliphatic carbocycles. The molecule has 1 unspecified atom stereocenters. The normalized spacial score (nSPS) is 22.4. The Bertz CT molecular complexity index is 106. The molecule has 0 aromatic carbocycles. The summed E-state index contributed by atoms with van der Waals surface area (Å²) < 4.78 is 0. The van der Waals surface area contributed by atoms with Gasteiger partial charge in [0.05, 0.1) is 6.61 Å². The lowest BCUT2D eigenvalue weighted by Gasteiger charge is -2.28. The first-order valence-electron chi connectivity index (χ1n) is 4.01. The molecule has 11 heavy (non-hydrogen) atoms. The molecule has 0 aromatic heterocycles. The fourth-order valence-electron chi connectivity index (χ4n) is 1.12. The maximum absolute atomic E-state index is 11.1. The molecular weight excluding hydrogens is 146 g/mol. The van der Waals surface area contributed by atoms with Gasteiger partial charge in [-0.15, -0.1) is 5.01 Å². The van der Waals surface area contributed by atoms with Crippen LogP contribution in [0.2, 0.25) is 0 Å². The first kappa shape index (κ1) is 8.89. The van der Waals surface area contributed by atoms with Crippen LogP contribution in [0, 0.1) is 5.21 Å². The van der Waals surface area contributed by atoms with Crippen LogP contribution in [0.1, 0.15) is 19.8 Å². The largest absolute Gasteiger partial charge is 0.591 e. The maximum Gasteiger partial charge on any atom is 0.0709 e. The van der Waals surface area contributed by atoms with Crippen LogP contribution in [0.15, 0.2) is 0 Å². The van der Waals surface area contributed by atoms with Gasteiger partial charge in [0.15, 0.2) is 0 Å². The first-order valence-corrected chi connectivity index (χ1v) is 4.01. The zero-order valence-electron chi connectivity index (χ0n) is 6.80. The van der Waals surface area contributed by atoms with Crippen molar-refractivity contribution in [3.8, 4) is 0 Å². The van der Waals surface area contributed by atoms with Crippen LogP contribution in [0.25, 0.3) is 0 Å². The van der Waals surface area contributed by atoms with Gasteiger partial charge in [-0.05, 0) is 25.4 Å². The standard InChI is InChI=1S/C6H15N3O2/c1-2-11-7-9(10)8-5-3-4-6-8/h7,9H,2-6H2,1H3. The van der Waals surface area contributed by atoms with E-state index in [4.69, 9.17) is 4.84 Å². The summed E-state index contributed by atoms with van der Waals surface area (Å²) in [5, 5.41) is 12.7. The van der Waals surface area contributed by atoms with Gasteiger partial charge in [-0.2, -0.15) is 5.28 Å². The number of hydrogen-bond acceptors (Lipinski definition) is 4. The Hall–Kier alpha value is -0.200. The Balaban J connectivity index is 2.12. The SMILES string of the molecule is CCON[NH+]([O-])N1CCCC1. The van der Waals surface area contributed by atoms with Crippen molar-refractivity contribution >= 4 is 0 Å². The molecule has 1 aliphatic rings. The fraction of sp³-hybridized carbons (Fsp3) is 1.00. The molecule has 0 spiro atoms. The molecule has 66 valence electrons. The third-order valence-corrected chi connectivity index (χ3v) is 1.70. The Morgan fingerprint density at radius 1 is 1.55 bits per heavy atom. The molecule has 1 fully saturated rings. The molecular formula is C6H15N3O2. The van der Waals surface area contributed by atoms with Crippen molar-refractivity contribution < 1.29 is 10.1 Å². The van der Waals surface area contributed by atoms with Crippen molar-refractivity contribution in [2.24, 2.45) is 0 Å². The highest BCUT2D eigenvalue weighted by Crippen LogP contribution is 2.00. The molecule has 2 N–H and O–H groups in total. The number of nitrogens with one attached hydrogen (secondary N) is 2. The highest BCUT2D eigenvalue weighted by molar-refractivity contribution is 4.55. The molecule has 1 atom stereocenters. The van der Waals surface area contributed by atoms with E-state index in [-0.39, 0.29) is 5.28 Å². The molecule has 5 heteroatoms. The van der Waals surface area contributed by atoms with Crippen molar-refractivity contribution in [3.63, 3.8) is 0 Å². The van der Waals surface area contributed by atoms with Crippen molar-refractivity contribution in [1.29, 1.82) is 0 Å². The first-order chi connectivity index (χ1) is 5.34. The van der Waals surface area contributed by atoms with E-state index in [0.29, 0.717) is 6.61 Å². The van der Waals surface area contributed by atoms with Gasteiger partial charge in [0.25, 0.3) is 0 Å². The zero-order valence-corrected chi connectivity index (χ0v) is 6.80. The van der Waals surface area contributed by atoms with Crippen molar-refractivity contribution in [3.05, 3.63) is 5.21 Å². The maximum atomic E-state index is 11.1. The number of rotatable bonds is 4. The summed E-state index contributed by atoms with van der Waals surface area (Å²) >= 11 is 0. The predicted octanol–water partition coefficient (Wildman–Crippen LogP) is -1.16. The lowest BCUT2D eigenvalue weighted by molar-refractivity contribution is -1.03.